The predicted octanol–water partition coefficient (Wildman–Crippen LogP) is 3.03. The molecular weight excluding hydrogens is 284 g/mol. The summed E-state index contributed by atoms with van der Waals surface area (Å²) in [7, 11) is 0. The van der Waals surface area contributed by atoms with E-state index in [-0.39, 0.29) is 18.3 Å². The van der Waals surface area contributed by atoms with E-state index >= 15 is 0 Å². The Bertz CT molecular complexity index is 534. The number of carbonyl (C=O) groups is 2. The maximum atomic E-state index is 11.3. The highest BCUT2D eigenvalue weighted by molar-refractivity contribution is 7.71. The van der Waals surface area contributed by atoms with Crippen molar-refractivity contribution in [2.24, 2.45) is 5.92 Å². The van der Waals surface area contributed by atoms with Crippen LogP contribution in [0.5, 0.6) is 5.75 Å². The fourth-order valence-corrected chi connectivity index (χ4v) is 1.40. The Balaban J connectivity index is 2.40. The molecular formula is C13H16O6S. The Morgan fingerprint density at radius 3 is 2.70 bits per heavy atom. The third-order valence-electron chi connectivity index (χ3n) is 2.01. The monoisotopic (exact) mass is 300 g/mol. The summed E-state index contributed by atoms with van der Waals surface area (Å²) in [5.41, 5.74) is 0. The van der Waals surface area contributed by atoms with Crippen LogP contribution in [0.1, 0.15) is 19.6 Å². The maximum Gasteiger partial charge on any atom is 0.516 e. The van der Waals surface area contributed by atoms with Gasteiger partial charge in [0.25, 0.3) is 0 Å². The molecule has 0 radical (unpaired) electrons. The summed E-state index contributed by atoms with van der Waals surface area (Å²) in [5.74, 6) is 0.153. The van der Waals surface area contributed by atoms with Gasteiger partial charge in [0.1, 0.15) is 12.0 Å². The van der Waals surface area contributed by atoms with Gasteiger partial charge >= 0.3 is 12.1 Å². The molecule has 0 unspecified atom stereocenters. The SMILES string of the molecule is Cc1cc(=S)c(OCC(=O)OC(=O)OCC(C)C)co1. The number of aryl methyl sites for hydroxylation is 1. The fourth-order valence-electron chi connectivity index (χ4n) is 1.12. The molecule has 0 aliphatic rings. The minimum absolute atomic E-state index is 0.158. The molecule has 0 aliphatic carbocycles. The van der Waals surface area contributed by atoms with Gasteiger partial charge in [0.05, 0.1) is 11.1 Å². The molecule has 0 bridgehead atoms. The number of esters is 1. The summed E-state index contributed by atoms with van der Waals surface area (Å²) >= 11 is 5.02. The lowest BCUT2D eigenvalue weighted by Crippen LogP contribution is -2.21. The molecule has 7 heteroatoms. The van der Waals surface area contributed by atoms with Crippen molar-refractivity contribution in [3.63, 3.8) is 0 Å². The van der Waals surface area contributed by atoms with Gasteiger partial charge in [0, 0.05) is 0 Å². The van der Waals surface area contributed by atoms with Crippen LogP contribution in [0, 0.1) is 17.4 Å². The van der Waals surface area contributed by atoms with Crippen molar-refractivity contribution >= 4 is 24.3 Å². The Labute approximate surface area is 121 Å². The summed E-state index contributed by atoms with van der Waals surface area (Å²) in [4.78, 5) is 22.5. The highest BCUT2D eigenvalue weighted by Gasteiger charge is 2.13. The zero-order valence-electron chi connectivity index (χ0n) is 11.5. The van der Waals surface area contributed by atoms with Gasteiger partial charge in [-0.15, -0.1) is 0 Å². The fraction of sp³-hybridized carbons (Fsp3) is 0.462. The molecule has 0 aromatic carbocycles. The lowest BCUT2D eigenvalue weighted by atomic mass is 10.2. The molecule has 6 nitrogen and oxygen atoms in total. The molecule has 1 heterocycles. The predicted molar refractivity (Wildman–Crippen MR) is 72.1 cm³/mol. The quantitative estimate of drug-likeness (QED) is 0.470. The molecule has 20 heavy (non-hydrogen) atoms. The summed E-state index contributed by atoms with van der Waals surface area (Å²) in [5, 5.41) is 0. The van der Waals surface area contributed by atoms with Gasteiger partial charge in [0.15, 0.2) is 12.4 Å². The first kappa shape index (κ1) is 16.2. The Morgan fingerprint density at radius 2 is 2.10 bits per heavy atom. The van der Waals surface area contributed by atoms with E-state index in [9.17, 15) is 9.59 Å². The van der Waals surface area contributed by atoms with Crippen molar-refractivity contribution in [3.8, 4) is 5.75 Å². The summed E-state index contributed by atoms with van der Waals surface area (Å²) in [6.45, 7) is 5.19. The van der Waals surface area contributed by atoms with Crippen LogP contribution in [0.25, 0.3) is 0 Å². The van der Waals surface area contributed by atoms with Crippen molar-refractivity contribution in [2.75, 3.05) is 13.2 Å². The second-order valence-corrected chi connectivity index (χ2v) is 4.88. The van der Waals surface area contributed by atoms with Crippen LogP contribution in [0.15, 0.2) is 16.7 Å². The molecule has 1 rings (SSSR count). The second-order valence-electron chi connectivity index (χ2n) is 4.44. The Kier molecular flexibility index (Phi) is 6.17. The van der Waals surface area contributed by atoms with Gasteiger partial charge in [-0.2, -0.15) is 0 Å². The first-order chi connectivity index (χ1) is 9.38. The van der Waals surface area contributed by atoms with Gasteiger partial charge in [-0.25, -0.2) is 9.59 Å². The summed E-state index contributed by atoms with van der Waals surface area (Å²) in [6.07, 6.45) is 0.252. The van der Waals surface area contributed by atoms with Gasteiger partial charge in [-0.1, -0.05) is 26.1 Å². The molecule has 0 spiro atoms. The van der Waals surface area contributed by atoms with Crippen LogP contribution >= 0.6 is 12.2 Å². The molecule has 0 atom stereocenters. The molecule has 0 N–H and O–H groups in total. The van der Waals surface area contributed by atoms with Crippen LogP contribution in [0.3, 0.4) is 0 Å². The van der Waals surface area contributed by atoms with Crippen molar-refractivity contribution in [1.29, 1.82) is 0 Å². The number of rotatable bonds is 5. The number of carbonyl (C=O) groups excluding carboxylic acids is 2. The zero-order chi connectivity index (χ0) is 15.1. The van der Waals surface area contributed by atoms with E-state index in [1.165, 1.54) is 6.26 Å². The average Bonchev–Trinajstić information content (AvgIpc) is 2.35. The minimum atomic E-state index is -1.04. The van der Waals surface area contributed by atoms with Crippen molar-refractivity contribution in [1.82, 2.24) is 0 Å². The van der Waals surface area contributed by atoms with E-state index in [0.717, 1.165) is 0 Å². The van der Waals surface area contributed by atoms with E-state index in [4.69, 9.17) is 21.4 Å². The standard InChI is InChI=1S/C13H16O6S/c1-8(2)5-18-13(15)19-12(14)7-17-10-6-16-9(3)4-11(10)20/h4,6,8H,5,7H2,1-3H3. The largest absolute Gasteiger partial charge is 0.516 e. The first-order valence-electron chi connectivity index (χ1n) is 5.98. The molecule has 0 aliphatic heterocycles. The van der Waals surface area contributed by atoms with E-state index in [0.29, 0.717) is 10.3 Å². The topological polar surface area (TPSA) is 75.0 Å². The van der Waals surface area contributed by atoms with Crippen molar-refractivity contribution in [2.45, 2.75) is 20.8 Å². The van der Waals surface area contributed by atoms with Crippen LogP contribution in [0.4, 0.5) is 4.79 Å². The van der Waals surface area contributed by atoms with Gasteiger partial charge in [0.2, 0.25) is 0 Å². The molecule has 110 valence electrons. The highest BCUT2D eigenvalue weighted by Crippen LogP contribution is 2.14. The lowest BCUT2D eigenvalue weighted by molar-refractivity contribution is -0.142. The van der Waals surface area contributed by atoms with Crippen LogP contribution in [-0.2, 0) is 14.3 Å². The first-order valence-corrected chi connectivity index (χ1v) is 6.39. The smallest absolute Gasteiger partial charge is 0.477 e. The molecule has 0 amide bonds. The third-order valence-corrected chi connectivity index (χ3v) is 2.33. The molecule has 0 saturated carbocycles. The van der Waals surface area contributed by atoms with E-state index in [2.05, 4.69) is 9.47 Å². The highest BCUT2D eigenvalue weighted by atomic mass is 32.1. The normalized spacial score (nSPS) is 10.2. The average molecular weight is 300 g/mol. The summed E-state index contributed by atoms with van der Waals surface area (Å²) in [6, 6.07) is 1.59. The van der Waals surface area contributed by atoms with Crippen molar-refractivity contribution in [3.05, 3.63) is 22.6 Å². The molecule has 0 fully saturated rings. The number of hydrogen-bond acceptors (Lipinski definition) is 7. The summed E-state index contributed by atoms with van der Waals surface area (Å²) < 4.78 is 19.7. The van der Waals surface area contributed by atoms with Gasteiger partial charge in [-0.05, 0) is 18.9 Å². The number of ether oxygens (including phenoxy) is 3. The molecule has 1 aromatic rings. The van der Waals surface area contributed by atoms with Gasteiger partial charge in [-0.3, -0.25) is 0 Å². The third kappa shape index (κ3) is 5.83. The van der Waals surface area contributed by atoms with Crippen molar-refractivity contribution < 1.29 is 28.2 Å². The van der Waals surface area contributed by atoms with E-state index in [1.54, 1.807) is 13.0 Å². The maximum absolute atomic E-state index is 11.3. The minimum Gasteiger partial charge on any atom is -0.477 e. The second kappa shape index (κ2) is 7.64. The Morgan fingerprint density at radius 1 is 1.40 bits per heavy atom. The van der Waals surface area contributed by atoms with Gasteiger partial charge < -0.3 is 18.6 Å². The number of hydrogen-bond donors (Lipinski definition) is 0. The van der Waals surface area contributed by atoms with E-state index in [1.807, 2.05) is 13.8 Å². The molecule has 1 aromatic heterocycles. The van der Waals surface area contributed by atoms with Crippen LogP contribution in [0.2, 0.25) is 0 Å². The van der Waals surface area contributed by atoms with E-state index < -0.39 is 18.7 Å². The zero-order valence-corrected chi connectivity index (χ0v) is 12.3. The van der Waals surface area contributed by atoms with Crippen LogP contribution < -0.4 is 4.74 Å². The molecule has 0 saturated heterocycles. The Hall–Kier alpha value is -1.89. The lowest BCUT2D eigenvalue weighted by Gasteiger charge is -2.07. The van der Waals surface area contributed by atoms with Crippen LogP contribution in [-0.4, -0.2) is 25.3 Å².